The first-order chi connectivity index (χ1) is 9.10. The van der Waals surface area contributed by atoms with Gasteiger partial charge in [0.05, 0.1) is 11.2 Å². The lowest BCUT2D eigenvalue weighted by Crippen LogP contribution is -2.37. The summed E-state index contributed by atoms with van der Waals surface area (Å²) in [5.41, 5.74) is 4.30. The summed E-state index contributed by atoms with van der Waals surface area (Å²) in [6.07, 6.45) is 1.77. The molecule has 1 aromatic heterocycles. The van der Waals surface area contributed by atoms with Crippen molar-refractivity contribution in [3.8, 4) is 0 Å². The maximum Gasteiger partial charge on any atom is 0.210 e. The number of pyridine rings is 1. The van der Waals surface area contributed by atoms with E-state index >= 15 is 0 Å². The van der Waals surface area contributed by atoms with Crippen molar-refractivity contribution >= 4 is 38.5 Å². The third-order valence-corrected chi connectivity index (χ3v) is 2.89. The molecule has 0 bridgehead atoms. The van der Waals surface area contributed by atoms with E-state index in [-0.39, 0.29) is 6.04 Å². The van der Waals surface area contributed by atoms with E-state index in [9.17, 15) is 0 Å². The second-order valence-electron chi connectivity index (χ2n) is 4.37. The number of anilines is 1. The Morgan fingerprint density at radius 2 is 2.21 bits per heavy atom. The van der Waals surface area contributed by atoms with E-state index in [0.717, 1.165) is 21.1 Å². The Labute approximate surface area is 120 Å². The molecule has 1 aromatic carbocycles. The predicted octanol–water partition coefficient (Wildman–Crippen LogP) is 2.64. The molecular weight excluding hydrogens is 306 g/mol. The number of aliphatic imine (C=N–C) groups is 1. The van der Waals surface area contributed by atoms with E-state index in [1.54, 1.807) is 6.20 Å². The third kappa shape index (κ3) is 3.42. The van der Waals surface area contributed by atoms with E-state index in [1.807, 2.05) is 38.1 Å². The molecule has 0 unspecified atom stereocenters. The van der Waals surface area contributed by atoms with Gasteiger partial charge >= 0.3 is 0 Å². The molecule has 0 amide bonds. The van der Waals surface area contributed by atoms with Gasteiger partial charge in [0, 0.05) is 22.1 Å². The average molecular weight is 322 g/mol. The summed E-state index contributed by atoms with van der Waals surface area (Å²) in [5, 5.41) is 4.20. The van der Waals surface area contributed by atoms with Crippen molar-refractivity contribution in [3.05, 3.63) is 34.9 Å². The quantitative estimate of drug-likeness (QED) is 0.344. The van der Waals surface area contributed by atoms with Crippen LogP contribution < -0.4 is 16.6 Å². The van der Waals surface area contributed by atoms with E-state index in [1.165, 1.54) is 0 Å². The molecule has 2 aromatic rings. The number of hydrogen-bond acceptors (Lipinski definition) is 3. The molecule has 19 heavy (non-hydrogen) atoms. The van der Waals surface area contributed by atoms with Crippen LogP contribution in [0, 0.1) is 0 Å². The number of halogens is 1. The van der Waals surface area contributed by atoms with Crippen LogP contribution >= 0.6 is 15.9 Å². The zero-order chi connectivity index (χ0) is 13.8. The van der Waals surface area contributed by atoms with Crippen LogP contribution in [0.4, 0.5) is 5.69 Å². The van der Waals surface area contributed by atoms with Gasteiger partial charge in [0.1, 0.15) is 0 Å². The average Bonchev–Trinajstić information content (AvgIpc) is 2.37. The van der Waals surface area contributed by atoms with Gasteiger partial charge < -0.3 is 5.32 Å². The molecule has 0 aliphatic rings. The summed E-state index contributed by atoms with van der Waals surface area (Å²) >= 11 is 3.42. The summed E-state index contributed by atoms with van der Waals surface area (Å²) in [6, 6.07) is 8.07. The van der Waals surface area contributed by atoms with Crippen molar-refractivity contribution in [3.63, 3.8) is 0 Å². The van der Waals surface area contributed by atoms with Crippen molar-refractivity contribution in [2.45, 2.75) is 19.9 Å². The summed E-state index contributed by atoms with van der Waals surface area (Å²) < 4.78 is 0.949. The topological polar surface area (TPSA) is 75.3 Å². The highest BCUT2D eigenvalue weighted by Crippen LogP contribution is 2.23. The Balaban J connectivity index is 2.40. The van der Waals surface area contributed by atoms with E-state index in [0.29, 0.717) is 5.96 Å². The molecule has 6 heteroatoms. The highest BCUT2D eigenvalue weighted by Gasteiger charge is 2.05. The molecule has 5 nitrogen and oxygen atoms in total. The van der Waals surface area contributed by atoms with E-state index in [4.69, 9.17) is 5.84 Å². The molecule has 4 N–H and O–H groups in total. The lowest BCUT2D eigenvalue weighted by molar-refractivity contribution is 0.819. The number of hydrazine groups is 1. The van der Waals surface area contributed by atoms with Crippen molar-refractivity contribution in [2.75, 3.05) is 5.32 Å². The van der Waals surface area contributed by atoms with Gasteiger partial charge in [-0.05, 0) is 41.9 Å². The normalized spacial score (nSPS) is 11.9. The van der Waals surface area contributed by atoms with E-state index < -0.39 is 0 Å². The standard InChI is InChI=1S/C13H16BrN5/c1-8(2)17-13(19-15)18-11-5-3-4-9-6-10(14)7-16-12(9)11/h3-8H,15H2,1-2H3,(H2,17,18,19). The molecular formula is C13H16BrN5. The van der Waals surface area contributed by atoms with Crippen molar-refractivity contribution < 1.29 is 0 Å². The van der Waals surface area contributed by atoms with Crippen molar-refractivity contribution in [1.82, 2.24) is 10.4 Å². The van der Waals surface area contributed by atoms with Crippen LogP contribution in [0.15, 0.2) is 39.9 Å². The fourth-order valence-electron chi connectivity index (χ4n) is 1.73. The van der Waals surface area contributed by atoms with Gasteiger partial charge in [0.25, 0.3) is 0 Å². The zero-order valence-corrected chi connectivity index (χ0v) is 12.4. The Morgan fingerprint density at radius 3 is 2.89 bits per heavy atom. The smallest absolute Gasteiger partial charge is 0.210 e. The van der Waals surface area contributed by atoms with Gasteiger partial charge in [0.2, 0.25) is 5.96 Å². The van der Waals surface area contributed by atoms with Gasteiger partial charge in [0.15, 0.2) is 0 Å². The number of nitrogens with two attached hydrogens (primary N) is 1. The first-order valence-corrected chi connectivity index (χ1v) is 6.75. The third-order valence-electron chi connectivity index (χ3n) is 2.45. The Hall–Kier alpha value is -1.66. The maximum atomic E-state index is 5.47. The minimum Gasteiger partial charge on any atom is -0.323 e. The van der Waals surface area contributed by atoms with Gasteiger partial charge in [-0.1, -0.05) is 12.1 Å². The number of nitrogens with one attached hydrogen (secondary N) is 2. The molecule has 1 heterocycles. The van der Waals surface area contributed by atoms with Gasteiger partial charge in [-0.15, -0.1) is 0 Å². The van der Waals surface area contributed by atoms with E-state index in [2.05, 4.69) is 36.6 Å². The lowest BCUT2D eigenvalue weighted by Gasteiger charge is -2.12. The number of rotatable bonds is 2. The van der Waals surface area contributed by atoms with Crippen LogP contribution in [0.25, 0.3) is 10.9 Å². The molecule has 0 aliphatic carbocycles. The van der Waals surface area contributed by atoms with Gasteiger partial charge in [-0.2, -0.15) is 0 Å². The lowest BCUT2D eigenvalue weighted by atomic mass is 10.2. The zero-order valence-electron chi connectivity index (χ0n) is 10.8. The first-order valence-electron chi connectivity index (χ1n) is 5.96. The first kappa shape index (κ1) is 13.8. The fraction of sp³-hybridized carbons (Fsp3) is 0.231. The van der Waals surface area contributed by atoms with Crippen LogP contribution in [-0.4, -0.2) is 17.0 Å². The molecule has 0 atom stereocenters. The largest absolute Gasteiger partial charge is 0.323 e. The van der Waals surface area contributed by atoms with Gasteiger partial charge in [-0.25, -0.2) is 10.8 Å². The molecule has 0 radical (unpaired) electrons. The Kier molecular flexibility index (Phi) is 4.34. The fourth-order valence-corrected chi connectivity index (χ4v) is 2.08. The van der Waals surface area contributed by atoms with Crippen molar-refractivity contribution in [2.24, 2.45) is 10.8 Å². The maximum absolute atomic E-state index is 5.47. The number of guanidine groups is 1. The highest BCUT2D eigenvalue weighted by molar-refractivity contribution is 9.10. The Morgan fingerprint density at radius 1 is 1.42 bits per heavy atom. The minimum absolute atomic E-state index is 0.149. The number of hydrogen-bond donors (Lipinski definition) is 3. The summed E-state index contributed by atoms with van der Waals surface area (Å²) in [7, 11) is 0. The second kappa shape index (κ2) is 5.99. The number of nitrogens with zero attached hydrogens (tertiary/aromatic N) is 2. The highest BCUT2D eigenvalue weighted by atomic mass is 79.9. The molecule has 0 fully saturated rings. The van der Waals surface area contributed by atoms with Gasteiger partial charge in [-0.3, -0.25) is 10.4 Å². The summed E-state index contributed by atoms with van der Waals surface area (Å²) in [4.78, 5) is 8.76. The second-order valence-corrected chi connectivity index (χ2v) is 5.29. The predicted molar refractivity (Wildman–Crippen MR) is 83.0 cm³/mol. The minimum atomic E-state index is 0.149. The molecule has 0 aliphatic heterocycles. The Bertz CT molecular complexity index is 609. The molecule has 0 spiro atoms. The number of fused-ring (bicyclic) bond motifs is 1. The number of aromatic nitrogens is 1. The van der Waals surface area contributed by atoms with Crippen LogP contribution in [-0.2, 0) is 0 Å². The summed E-state index contributed by atoms with van der Waals surface area (Å²) in [6.45, 7) is 3.97. The number of benzene rings is 1. The molecule has 2 rings (SSSR count). The molecule has 100 valence electrons. The summed E-state index contributed by atoms with van der Waals surface area (Å²) in [5.74, 6) is 5.99. The van der Waals surface area contributed by atoms with Crippen LogP contribution in [0.3, 0.4) is 0 Å². The monoisotopic (exact) mass is 321 g/mol. The SMILES string of the molecule is CC(C)N=C(NN)Nc1cccc2cc(Br)cnc12. The molecule has 0 saturated carbocycles. The van der Waals surface area contributed by atoms with Crippen LogP contribution in [0.1, 0.15) is 13.8 Å². The molecule has 0 saturated heterocycles. The number of para-hydroxylation sites is 1. The van der Waals surface area contributed by atoms with Crippen LogP contribution in [0.5, 0.6) is 0 Å². The van der Waals surface area contributed by atoms with Crippen molar-refractivity contribution in [1.29, 1.82) is 0 Å². The van der Waals surface area contributed by atoms with Crippen LogP contribution in [0.2, 0.25) is 0 Å².